The van der Waals surface area contributed by atoms with Crippen molar-refractivity contribution in [1.82, 2.24) is 0 Å². The Kier molecular flexibility index (Phi) is 5.02. The lowest BCUT2D eigenvalue weighted by molar-refractivity contribution is 1.21. The summed E-state index contributed by atoms with van der Waals surface area (Å²) in [6.07, 6.45) is 22.5. The van der Waals surface area contributed by atoms with E-state index in [9.17, 15) is 0 Å². The second-order valence-corrected chi connectivity index (χ2v) is 2.73. The van der Waals surface area contributed by atoms with E-state index in [1.54, 1.807) is 0 Å². The van der Waals surface area contributed by atoms with Gasteiger partial charge in [-0.05, 0) is 31.8 Å². The van der Waals surface area contributed by atoms with Crippen molar-refractivity contribution in [2.45, 2.75) is 25.7 Å². The molecule has 0 aliphatic heterocycles. The molecule has 1 aliphatic rings. The third-order valence-corrected chi connectivity index (χ3v) is 1.68. The van der Waals surface area contributed by atoms with Crippen molar-refractivity contribution in [3.05, 3.63) is 48.6 Å². The molecule has 0 heterocycles. The maximum absolute atomic E-state index is 3.22. The van der Waals surface area contributed by atoms with E-state index in [0.717, 1.165) is 25.7 Å². The minimum atomic E-state index is 0.946. The SMILES string of the molecule is [C]1=C\C/C=C/C/C=C/C/C=C\C/1. The Hall–Kier alpha value is -1.04. The Bertz CT molecular complexity index is 140. The monoisotopic (exact) mass is 159 g/mol. The lowest BCUT2D eigenvalue weighted by Gasteiger charge is -1.87. The summed E-state index contributed by atoms with van der Waals surface area (Å²) in [5.41, 5.74) is 0. The summed E-state index contributed by atoms with van der Waals surface area (Å²) in [5.74, 6) is 0. The van der Waals surface area contributed by atoms with E-state index < -0.39 is 0 Å². The summed E-state index contributed by atoms with van der Waals surface area (Å²) in [4.78, 5) is 0. The smallest absolute Gasteiger partial charge is 0.00977 e. The largest absolute Gasteiger partial charge is 0.0844 e. The highest BCUT2D eigenvalue weighted by atomic mass is 13.8. The molecule has 0 amide bonds. The van der Waals surface area contributed by atoms with Crippen molar-refractivity contribution in [2.24, 2.45) is 0 Å². The molecular weight excluding hydrogens is 144 g/mol. The number of hydrogen-bond donors (Lipinski definition) is 0. The van der Waals surface area contributed by atoms with Crippen molar-refractivity contribution >= 4 is 0 Å². The van der Waals surface area contributed by atoms with Crippen LogP contribution in [0.3, 0.4) is 0 Å². The zero-order chi connectivity index (χ0) is 8.49. The lowest BCUT2D eigenvalue weighted by Crippen LogP contribution is -1.67. The molecule has 0 saturated heterocycles. The van der Waals surface area contributed by atoms with E-state index in [0.29, 0.717) is 0 Å². The Morgan fingerprint density at radius 2 is 1.25 bits per heavy atom. The topological polar surface area (TPSA) is 0 Å². The average molecular weight is 159 g/mol. The molecule has 1 radical (unpaired) electrons. The maximum atomic E-state index is 3.22. The minimum absolute atomic E-state index is 0.946. The van der Waals surface area contributed by atoms with Crippen LogP contribution in [-0.2, 0) is 0 Å². The second kappa shape index (κ2) is 6.66. The van der Waals surface area contributed by atoms with Crippen molar-refractivity contribution < 1.29 is 0 Å². The highest BCUT2D eigenvalue weighted by molar-refractivity contribution is 5.01. The second-order valence-electron chi connectivity index (χ2n) is 2.73. The molecule has 0 spiro atoms. The van der Waals surface area contributed by atoms with Gasteiger partial charge in [-0.25, -0.2) is 0 Å². The Morgan fingerprint density at radius 1 is 0.667 bits per heavy atom. The van der Waals surface area contributed by atoms with Gasteiger partial charge in [0.2, 0.25) is 0 Å². The van der Waals surface area contributed by atoms with Crippen molar-refractivity contribution in [3.8, 4) is 0 Å². The fourth-order valence-electron chi connectivity index (χ4n) is 1.02. The van der Waals surface area contributed by atoms with Crippen LogP contribution in [0.15, 0.2) is 42.5 Å². The van der Waals surface area contributed by atoms with Gasteiger partial charge in [-0.1, -0.05) is 42.5 Å². The molecule has 0 nitrogen and oxygen atoms in total. The fourth-order valence-corrected chi connectivity index (χ4v) is 1.02. The zero-order valence-electron chi connectivity index (χ0n) is 7.37. The fraction of sp³-hybridized carbons (Fsp3) is 0.333. The van der Waals surface area contributed by atoms with Crippen LogP contribution in [0.4, 0.5) is 0 Å². The quantitative estimate of drug-likeness (QED) is 0.474. The van der Waals surface area contributed by atoms with Crippen LogP contribution in [0, 0.1) is 6.08 Å². The first-order chi connectivity index (χ1) is 6.00. The van der Waals surface area contributed by atoms with Crippen LogP contribution in [-0.4, -0.2) is 0 Å². The molecule has 0 aromatic carbocycles. The van der Waals surface area contributed by atoms with E-state index in [2.05, 4.69) is 48.6 Å². The first kappa shape index (κ1) is 9.05. The summed E-state index contributed by atoms with van der Waals surface area (Å²) in [5, 5.41) is 0. The van der Waals surface area contributed by atoms with Gasteiger partial charge in [0.05, 0.1) is 0 Å². The molecule has 0 heteroatoms. The van der Waals surface area contributed by atoms with Crippen molar-refractivity contribution in [2.75, 3.05) is 0 Å². The molecule has 0 N–H and O–H groups in total. The molecule has 0 aromatic rings. The average Bonchev–Trinajstić information content (AvgIpc) is 2.05. The molecular formula is C12H15. The molecule has 1 rings (SSSR count). The van der Waals surface area contributed by atoms with E-state index >= 15 is 0 Å². The lowest BCUT2D eigenvalue weighted by atomic mass is 10.2. The summed E-state index contributed by atoms with van der Waals surface area (Å²) in [6, 6.07) is 0. The van der Waals surface area contributed by atoms with E-state index in [1.165, 1.54) is 0 Å². The Morgan fingerprint density at radius 3 is 2.00 bits per heavy atom. The molecule has 0 aromatic heterocycles. The molecule has 0 atom stereocenters. The minimum Gasteiger partial charge on any atom is -0.0844 e. The van der Waals surface area contributed by atoms with Crippen LogP contribution in [0.1, 0.15) is 25.7 Å². The van der Waals surface area contributed by atoms with Crippen LogP contribution in [0.2, 0.25) is 0 Å². The van der Waals surface area contributed by atoms with Gasteiger partial charge in [0, 0.05) is 0 Å². The predicted octanol–water partition coefficient (Wildman–Crippen LogP) is 3.59. The summed E-state index contributed by atoms with van der Waals surface area (Å²) in [6.45, 7) is 0. The highest BCUT2D eigenvalue weighted by Crippen LogP contribution is 1.97. The molecule has 0 unspecified atom stereocenters. The van der Waals surface area contributed by atoms with E-state index in [-0.39, 0.29) is 0 Å². The first-order valence-corrected chi connectivity index (χ1v) is 4.50. The van der Waals surface area contributed by atoms with Crippen molar-refractivity contribution in [3.63, 3.8) is 0 Å². The molecule has 63 valence electrons. The van der Waals surface area contributed by atoms with Gasteiger partial charge in [0.15, 0.2) is 0 Å². The summed E-state index contributed by atoms with van der Waals surface area (Å²) >= 11 is 0. The van der Waals surface area contributed by atoms with Crippen LogP contribution in [0.25, 0.3) is 0 Å². The first-order valence-electron chi connectivity index (χ1n) is 4.50. The van der Waals surface area contributed by atoms with Gasteiger partial charge in [0.25, 0.3) is 0 Å². The third kappa shape index (κ3) is 4.73. The number of rotatable bonds is 0. The number of hydrogen-bond acceptors (Lipinski definition) is 0. The third-order valence-electron chi connectivity index (χ3n) is 1.68. The van der Waals surface area contributed by atoms with Gasteiger partial charge in [0.1, 0.15) is 0 Å². The Labute approximate surface area is 75.0 Å². The number of allylic oxidation sites excluding steroid dienone is 8. The maximum Gasteiger partial charge on any atom is -0.00977 e. The normalized spacial score (nSPS) is 29.3. The van der Waals surface area contributed by atoms with Crippen molar-refractivity contribution in [1.29, 1.82) is 0 Å². The Balaban J connectivity index is 2.40. The van der Waals surface area contributed by atoms with E-state index in [4.69, 9.17) is 0 Å². The summed E-state index contributed by atoms with van der Waals surface area (Å²) in [7, 11) is 0. The van der Waals surface area contributed by atoms with Crippen LogP contribution < -0.4 is 0 Å². The van der Waals surface area contributed by atoms with Gasteiger partial charge in [-0.15, -0.1) is 0 Å². The van der Waals surface area contributed by atoms with Gasteiger partial charge in [-0.3, -0.25) is 0 Å². The zero-order valence-corrected chi connectivity index (χ0v) is 7.37. The summed E-state index contributed by atoms with van der Waals surface area (Å²) < 4.78 is 0. The highest BCUT2D eigenvalue weighted by Gasteiger charge is 1.77. The molecule has 0 saturated carbocycles. The van der Waals surface area contributed by atoms with E-state index in [1.807, 2.05) is 0 Å². The molecule has 0 bridgehead atoms. The van der Waals surface area contributed by atoms with Gasteiger partial charge >= 0.3 is 0 Å². The predicted molar refractivity (Wildman–Crippen MR) is 53.7 cm³/mol. The standard InChI is InChI=1S/C12H15/c1-2-4-6-8-10-12-11-9-7-5-3-1/h1-2,5-8,11H,3-4,9-10H2/b2-1+,7-5+,8-6-,12-11?. The van der Waals surface area contributed by atoms with Crippen LogP contribution >= 0.6 is 0 Å². The molecule has 12 heavy (non-hydrogen) atoms. The van der Waals surface area contributed by atoms with Gasteiger partial charge in [-0.2, -0.15) is 0 Å². The molecule has 1 aliphatic carbocycles. The van der Waals surface area contributed by atoms with Crippen LogP contribution in [0.5, 0.6) is 0 Å². The molecule has 0 fully saturated rings. The van der Waals surface area contributed by atoms with Gasteiger partial charge < -0.3 is 0 Å².